The zero-order valence-corrected chi connectivity index (χ0v) is 11.4. The van der Waals surface area contributed by atoms with Gasteiger partial charge in [0.05, 0.1) is 12.3 Å². The predicted molar refractivity (Wildman–Crippen MR) is 76.3 cm³/mol. The van der Waals surface area contributed by atoms with Gasteiger partial charge in [-0.05, 0) is 51.8 Å². The fraction of sp³-hybridized carbons (Fsp3) is 0.600. The van der Waals surface area contributed by atoms with E-state index in [9.17, 15) is 0 Å². The summed E-state index contributed by atoms with van der Waals surface area (Å²) >= 11 is 0. The Labute approximate surface area is 110 Å². The number of rotatable bonds is 6. The van der Waals surface area contributed by atoms with E-state index in [4.69, 9.17) is 4.74 Å². The molecule has 2 unspecified atom stereocenters. The summed E-state index contributed by atoms with van der Waals surface area (Å²) in [4.78, 5) is 0. The second-order valence-corrected chi connectivity index (χ2v) is 5.00. The van der Waals surface area contributed by atoms with E-state index in [2.05, 4.69) is 23.6 Å². The molecule has 1 aliphatic heterocycles. The lowest BCUT2D eigenvalue weighted by Crippen LogP contribution is -2.29. The van der Waals surface area contributed by atoms with Gasteiger partial charge in [0.25, 0.3) is 0 Å². The maximum atomic E-state index is 5.63. The molecule has 1 fully saturated rings. The van der Waals surface area contributed by atoms with Crippen LogP contribution in [0.1, 0.15) is 33.1 Å². The Bertz CT molecular complexity index is 361. The van der Waals surface area contributed by atoms with Crippen molar-refractivity contribution in [2.24, 2.45) is 0 Å². The molecule has 3 nitrogen and oxygen atoms in total. The molecule has 0 saturated carbocycles. The highest BCUT2D eigenvalue weighted by molar-refractivity contribution is 5.56. The van der Waals surface area contributed by atoms with Gasteiger partial charge in [-0.25, -0.2) is 0 Å². The van der Waals surface area contributed by atoms with E-state index >= 15 is 0 Å². The minimum Gasteiger partial charge on any atom is -0.492 e. The quantitative estimate of drug-likeness (QED) is 0.812. The van der Waals surface area contributed by atoms with Crippen LogP contribution < -0.4 is 15.4 Å². The highest BCUT2D eigenvalue weighted by Gasteiger charge is 2.17. The van der Waals surface area contributed by atoms with Gasteiger partial charge in [0.15, 0.2) is 0 Å². The van der Waals surface area contributed by atoms with Gasteiger partial charge in [-0.3, -0.25) is 0 Å². The number of ether oxygens (including phenoxy) is 1. The van der Waals surface area contributed by atoms with Crippen LogP contribution in [0.2, 0.25) is 0 Å². The molecule has 3 heteroatoms. The normalized spacial score (nSPS) is 20.7. The molecule has 1 saturated heterocycles. The molecule has 0 aromatic heterocycles. The number of benzene rings is 1. The van der Waals surface area contributed by atoms with Crippen molar-refractivity contribution in [3.63, 3.8) is 0 Å². The fourth-order valence-corrected chi connectivity index (χ4v) is 2.58. The van der Waals surface area contributed by atoms with Crippen molar-refractivity contribution in [2.75, 3.05) is 18.5 Å². The van der Waals surface area contributed by atoms with Crippen molar-refractivity contribution < 1.29 is 4.74 Å². The van der Waals surface area contributed by atoms with E-state index in [1.54, 1.807) is 0 Å². The van der Waals surface area contributed by atoms with Gasteiger partial charge in [-0.1, -0.05) is 12.1 Å². The molecule has 0 amide bonds. The van der Waals surface area contributed by atoms with Crippen LogP contribution in [0.4, 0.5) is 5.69 Å². The zero-order chi connectivity index (χ0) is 12.8. The van der Waals surface area contributed by atoms with E-state index < -0.39 is 0 Å². The lowest BCUT2D eigenvalue weighted by Gasteiger charge is -2.21. The van der Waals surface area contributed by atoms with Gasteiger partial charge in [0.2, 0.25) is 0 Å². The summed E-state index contributed by atoms with van der Waals surface area (Å²) in [6.45, 7) is 6.13. The lowest BCUT2D eigenvalue weighted by molar-refractivity contribution is 0.341. The molecule has 2 rings (SSSR count). The second-order valence-electron chi connectivity index (χ2n) is 5.00. The summed E-state index contributed by atoms with van der Waals surface area (Å²) in [6.07, 6.45) is 3.78. The molecule has 1 heterocycles. The summed E-state index contributed by atoms with van der Waals surface area (Å²) in [7, 11) is 0. The van der Waals surface area contributed by atoms with Gasteiger partial charge in [0, 0.05) is 12.1 Å². The van der Waals surface area contributed by atoms with Crippen molar-refractivity contribution >= 4 is 5.69 Å². The first-order valence-electron chi connectivity index (χ1n) is 7.01. The van der Waals surface area contributed by atoms with E-state index in [1.165, 1.54) is 25.8 Å². The van der Waals surface area contributed by atoms with Crippen molar-refractivity contribution in [1.82, 2.24) is 5.32 Å². The number of nitrogens with one attached hydrogen (secondary N) is 2. The highest BCUT2D eigenvalue weighted by atomic mass is 16.5. The van der Waals surface area contributed by atoms with Crippen LogP contribution in [0.15, 0.2) is 24.3 Å². The van der Waals surface area contributed by atoms with Crippen LogP contribution in [-0.4, -0.2) is 25.2 Å². The van der Waals surface area contributed by atoms with E-state index in [0.717, 1.165) is 11.4 Å². The SMILES string of the molecule is CCOc1ccccc1NC(C)CC1CCCN1. The van der Waals surface area contributed by atoms with Gasteiger partial charge in [0.1, 0.15) is 5.75 Å². The van der Waals surface area contributed by atoms with Crippen LogP contribution in [-0.2, 0) is 0 Å². The van der Waals surface area contributed by atoms with Gasteiger partial charge in [-0.2, -0.15) is 0 Å². The molecule has 2 N–H and O–H groups in total. The summed E-state index contributed by atoms with van der Waals surface area (Å²) in [5.41, 5.74) is 1.10. The lowest BCUT2D eigenvalue weighted by atomic mass is 10.1. The molecular weight excluding hydrogens is 224 g/mol. The Morgan fingerprint density at radius 2 is 2.28 bits per heavy atom. The third-order valence-corrected chi connectivity index (χ3v) is 3.39. The molecule has 18 heavy (non-hydrogen) atoms. The maximum absolute atomic E-state index is 5.63. The third-order valence-electron chi connectivity index (χ3n) is 3.39. The molecule has 1 aromatic carbocycles. The monoisotopic (exact) mass is 248 g/mol. The fourth-order valence-electron chi connectivity index (χ4n) is 2.58. The van der Waals surface area contributed by atoms with E-state index in [0.29, 0.717) is 18.7 Å². The van der Waals surface area contributed by atoms with Crippen LogP contribution in [0, 0.1) is 0 Å². The molecule has 2 atom stereocenters. The van der Waals surface area contributed by atoms with Gasteiger partial charge < -0.3 is 15.4 Å². The van der Waals surface area contributed by atoms with E-state index in [1.807, 2.05) is 25.1 Å². The molecular formula is C15H24N2O. The summed E-state index contributed by atoms with van der Waals surface area (Å²) in [5.74, 6) is 0.950. The predicted octanol–water partition coefficient (Wildman–Crippen LogP) is 3.03. The van der Waals surface area contributed by atoms with Crippen LogP contribution >= 0.6 is 0 Å². The topological polar surface area (TPSA) is 33.3 Å². The minimum absolute atomic E-state index is 0.460. The first-order chi connectivity index (χ1) is 8.79. The van der Waals surface area contributed by atoms with Crippen LogP contribution in [0.3, 0.4) is 0 Å². The Hall–Kier alpha value is -1.22. The Balaban J connectivity index is 1.90. The standard InChI is InChI=1S/C15H24N2O/c1-3-18-15-9-5-4-8-14(15)17-12(2)11-13-7-6-10-16-13/h4-5,8-9,12-13,16-17H,3,6-7,10-11H2,1-2H3. The van der Waals surface area contributed by atoms with Crippen molar-refractivity contribution in [1.29, 1.82) is 0 Å². The van der Waals surface area contributed by atoms with Gasteiger partial charge >= 0.3 is 0 Å². The molecule has 0 bridgehead atoms. The summed E-state index contributed by atoms with van der Waals surface area (Å²) in [5, 5.41) is 7.10. The first-order valence-corrected chi connectivity index (χ1v) is 7.01. The van der Waals surface area contributed by atoms with E-state index in [-0.39, 0.29) is 0 Å². The average Bonchev–Trinajstić information content (AvgIpc) is 2.84. The van der Waals surface area contributed by atoms with Crippen LogP contribution in [0.25, 0.3) is 0 Å². The largest absolute Gasteiger partial charge is 0.492 e. The summed E-state index contributed by atoms with van der Waals surface area (Å²) in [6, 6.07) is 9.30. The number of hydrogen-bond acceptors (Lipinski definition) is 3. The summed E-state index contributed by atoms with van der Waals surface area (Å²) < 4.78 is 5.63. The smallest absolute Gasteiger partial charge is 0.142 e. The molecule has 1 aliphatic rings. The molecule has 0 radical (unpaired) electrons. The highest BCUT2D eigenvalue weighted by Crippen LogP contribution is 2.25. The maximum Gasteiger partial charge on any atom is 0.142 e. The second kappa shape index (κ2) is 6.64. The molecule has 0 spiro atoms. The van der Waals surface area contributed by atoms with Crippen molar-refractivity contribution in [3.05, 3.63) is 24.3 Å². The number of para-hydroxylation sites is 2. The Kier molecular flexibility index (Phi) is 4.88. The first kappa shape index (κ1) is 13.2. The molecule has 100 valence electrons. The van der Waals surface area contributed by atoms with Gasteiger partial charge in [-0.15, -0.1) is 0 Å². The average molecular weight is 248 g/mol. The molecule has 1 aromatic rings. The zero-order valence-electron chi connectivity index (χ0n) is 11.4. The Morgan fingerprint density at radius 1 is 1.44 bits per heavy atom. The van der Waals surface area contributed by atoms with Crippen LogP contribution in [0.5, 0.6) is 5.75 Å². The molecule has 0 aliphatic carbocycles. The Morgan fingerprint density at radius 3 is 3.00 bits per heavy atom. The number of anilines is 1. The van der Waals surface area contributed by atoms with Crippen molar-refractivity contribution in [2.45, 2.75) is 45.2 Å². The minimum atomic E-state index is 0.460. The third kappa shape index (κ3) is 3.64. The van der Waals surface area contributed by atoms with Crippen molar-refractivity contribution in [3.8, 4) is 5.75 Å². The number of hydrogen-bond donors (Lipinski definition) is 2.